The molecular formula is C17H17N3O3S. The molecule has 0 unspecified atom stereocenters. The summed E-state index contributed by atoms with van der Waals surface area (Å²) in [6.45, 7) is 2.30. The zero-order valence-electron chi connectivity index (χ0n) is 13.1. The van der Waals surface area contributed by atoms with Crippen LogP contribution in [0.3, 0.4) is 0 Å². The minimum atomic E-state index is -0.305. The monoisotopic (exact) mass is 343 g/mol. The van der Waals surface area contributed by atoms with Crippen molar-refractivity contribution in [2.45, 2.75) is 6.92 Å². The van der Waals surface area contributed by atoms with Crippen molar-refractivity contribution in [3.05, 3.63) is 48.5 Å². The maximum atomic E-state index is 11.9. The maximum Gasteiger partial charge on any atom is 0.276 e. The van der Waals surface area contributed by atoms with Gasteiger partial charge < -0.3 is 9.47 Å². The third-order valence-corrected chi connectivity index (χ3v) is 4.06. The first-order valence-electron chi connectivity index (χ1n) is 7.51. The van der Waals surface area contributed by atoms with Gasteiger partial charge in [-0.2, -0.15) is 0 Å². The summed E-state index contributed by atoms with van der Waals surface area (Å²) in [5, 5.41) is 0.624. The van der Waals surface area contributed by atoms with Crippen LogP contribution in [0.15, 0.2) is 48.5 Å². The lowest BCUT2D eigenvalue weighted by atomic mass is 10.3. The molecule has 2 aromatic carbocycles. The second-order valence-corrected chi connectivity index (χ2v) is 5.86. The summed E-state index contributed by atoms with van der Waals surface area (Å²) in [5.41, 5.74) is 6.27. The average molecular weight is 343 g/mol. The van der Waals surface area contributed by atoms with E-state index in [-0.39, 0.29) is 12.5 Å². The Kier molecular flexibility index (Phi) is 5.12. The molecule has 0 fully saturated rings. The van der Waals surface area contributed by atoms with E-state index in [1.807, 2.05) is 43.3 Å². The molecule has 0 aliphatic carbocycles. The zero-order valence-corrected chi connectivity index (χ0v) is 13.9. The van der Waals surface area contributed by atoms with E-state index in [0.717, 1.165) is 10.2 Å². The van der Waals surface area contributed by atoms with Crippen LogP contribution in [0, 0.1) is 0 Å². The Labute approximate surface area is 143 Å². The van der Waals surface area contributed by atoms with Crippen LogP contribution < -0.4 is 20.3 Å². The molecule has 0 bridgehead atoms. The molecule has 1 heterocycles. The molecular weight excluding hydrogens is 326 g/mol. The number of aromatic nitrogens is 1. The Morgan fingerprint density at radius 2 is 1.79 bits per heavy atom. The fourth-order valence-electron chi connectivity index (χ4n) is 2.07. The number of benzene rings is 2. The number of para-hydroxylation sites is 3. The second-order valence-electron chi connectivity index (χ2n) is 4.83. The number of hydrogen-bond donors (Lipinski definition) is 2. The number of amides is 1. The van der Waals surface area contributed by atoms with Gasteiger partial charge in [0.25, 0.3) is 5.91 Å². The van der Waals surface area contributed by atoms with Gasteiger partial charge in [0, 0.05) is 0 Å². The van der Waals surface area contributed by atoms with E-state index in [0.29, 0.717) is 23.2 Å². The summed E-state index contributed by atoms with van der Waals surface area (Å²) in [4.78, 5) is 16.3. The van der Waals surface area contributed by atoms with Crippen molar-refractivity contribution < 1.29 is 14.3 Å². The molecule has 1 aromatic heterocycles. The first kappa shape index (κ1) is 16.1. The number of fused-ring (bicyclic) bond motifs is 1. The number of hydrazine groups is 1. The second kappa shape index (κ2) is 7.65. The van der Waals surface area contributed by atoms with Gasteiger partial charge in [0.05, 0.1) is 16.8 Å². The van der Waals surface area contributed by atoms with Gasteiger partial charge >= 0.3 is 0 Å². The highest BCUT2D eigenvalue weighted by atomic mass is 32.1. The van der Waals surface area contributed by atoms with Crippen LogP contribution in [-0.2, 0) is 4.79 Å². The molecule has 124 valence electrons. The molecule has 0 aliphatic rings. The van der Waals surface area contributed by atoms with Crippen molar-refractivity contribution in [2.24, 2.45) is 0 Å². The lowest BCUT2D eigenvalue weighted by Gasteiger charge is -2.11. The van der Waals surface area contributed by atoms with Crippen molar-refractivity contribution in [2.75, 3.05) is 18.6 Å². The Morgan fingerprint density at radius 1 is 1.08 bits per heavy atom. The molecule has 3 rings (SSSR count). The Balaban J connectivity index is 1.52. The fourth-order valence-corrected chi connectivity index (χ4v) is 2.89. The van der Waals surface area contributed by atoms with E-state index < -0.39 is 0 Å². The molecule has 0 aliphatic heterocycles. The molecule has 24 heavy (non-hydrogen) atoms. The summed E-state index contributed by atoms with van der Waals surface area (Å²) in [6, 6.07) is 15.0. The lowest BCUT2D eigenvalue weighted by Crippen LogP contribution is -2.33. The summed E-state index contributed by atoms with van der Waals surface area (Å²) >= 11 is 1.47. The van der Waals surface area contributed by atoms with Crippen LogP contribution in [-0.4, -0.2) is 24.1 Å². The van der Waals surface area contributed by atoms with Crippen LogP contribution >= 0.6 is 11.3 Å². The highest BCUT2D eigenvalue weighted by molar-refractivity contribution is 7.22. The van der Waals surface area contributed by atoms with Crippen molar-refractivity contribution in [3.63, 3.8) is 0 Å². The molecule has 6 nitrogen and oxygen atoms in total. The number of anilines is 1. The third-order valence-electron chi connectivity index (χ3n) is 3.11. The molecule has 0 atom stereocenters. The van der Waals surface area contributed by atoms with Crippen LogP contribution in [0.2, 0.25) is 0 Å². The molecule has 7 heteroatoms. The number of hydrogen-bond acceptors (Lipinski definition) is 6. The number of thiazole rings is 1. The quantitative estimate of drug-likeness (QED) is 0.645. The lowest BCUT2D eigenvalue weighted by molar-refractivity contribution is -0.122. The first-order valence-corrected chi connectivity index (χ1v) is 8.33. The number of nitrogens with one attached hydrogen (secondary N) is 2. The SMILES string of the molecule is CCOc1ccccc1OCC(=O)NNc1nc2ccccc2s1. The molecule has 0 saturated carbocycles. The summed E-state index contributed by atoms with van der Waals surface area (Å²) < 4.78 is 12.0. The maximum absolute atomic E-state index is 11.9. The molecule has 3 aromatic rings. The topological polar surface area (TPSA) is 72.5 Å². The van der Waals surface area contributed by atoms with Gasteiger partial charge in [-0.3, -0.25) is 15.6 Å². The molecule has 0 radical (unpaired) electrons. The summed E-state index contributed by atoms with van der Waals surface area (Å²) in [5.74, 6) is 0.849. The van der Waals surface area contributed by atoms with Gasteiger partial charge in [-0.05, 0) is 31.2 Å². The van der Waals surface area contributed by atoms with Gasteiger partial charge in [-0.25, -0.2) is 4.98 Å². The van der Waals surface area contributed by atoms with Crippen LogP contribution in [0.5, 0.6) is 11.5 Å². The zero-order chi connectivity index (χ0) is 16.8. The molecule has 1 amide bonds. The molecule has 2 N–H and O–H groups in total. The van der Waals surface area contributed by atoms with E-state index >= 15 is 0 Å². The molecule has 0 spiro atoms. The van der Waals surface area contributed by atoms with E-state index in [2.05, 4.69) is 15.8 Å². The van der Waals surface area contributed by atoms with Crippen LogP contribution in [0.1, 0.15) is 6.92 Å². The number of rotatable bonds is 7. The predicted molar refractivity (Wildman–Crippen MR) is 94.5 cm³/mol. The van der Waals surface area contributed by atoms with Crippen molar-refractivity contribution in [1.29, 1.82) is 0 Å². The predicted octanol–water partition coefficient (Wildman–Crippen LogP) is 3.22. The normalized spacial score (nSPS) is 10.4. The van der Waals surface area contributed by atoms with Crippen molar-refractivity contribution >= 4 is 32.6 Å². The van der Waals surface area contributed by atoms with Gasteiger partial charge in [-0.1, -0.05) is 35.6 Å². The fraction of sp³-hybridized carbons (Fsp3) is 0.176. The van der Waals surface area contributed by atoms with Gasteiger partial charge in [0.1, 0.15) is 0 Å². The van der Waals surface area contributed by atoms with E-state index in [4.69, 9.17) is 9.47 Å². The smallest absolute Gasteiger partial charge is 0.276 e. The van der Waals surface area contributed by atoms with Crippen molar-refractivity contribution in [3.8, 4) is 11.5 Å². The Bertz CT molecular complexity index is 802. The number of ether oxygens (including phenoxy) is 2. The van der Waals surface area contributed by atoms with E-state index in [1.165, 1.54) is 11.3 Å². The summed E-state index contributed by atoms with van der Waals surface area (Å²) in [7, 11) is 0. The number of nitrogens with zero attached hydrogens (tertiary/aromatic N) is 1. The van der Waals surface area contributed by atoms with Crippen LogP contribution in [0.4, 0.5) is 5.13 Å². The largest absolute Gasteiger partial charge is 0.490 e. The van der Waals surface area contributed by atoms with Gasteiger partial charge in [-0.15, -0.1) is 0 Å². The van der Waals surface area contributed by atoms with Gasteiger partial charge in [0.15, 0.2) is 18.1 Å². The van der Waals surface area contributed by atoms with Crippen LogP contribution in [0.25, 0.3) is 10.2 Å². The minimum absolute atomic E-state index is 0.123. The standard InChI is InChI=1S/C17H17N3O3S/c1-2-22-13-8-4-5-9-14(13)23-11-16(21)19-20-17-18-12-7-3-6-10-15(12)24-17/h3-10H,2,11H2,1H3,(H,18,20)(H,19,21). The Morgan fingerprint density at radius 3 is 2.54 bits per heavy atom. The number of carbonyl (C=O) groups is 1. The first-order chi connectivity index (χ1) is 11.8. The van der Waals surface area contributed by atoms with Gasteiger partial charge in [0.2, 0.25) is 5.13 Å². The highest BCUT2D eigenvalue weighted by Crippen LogP contribution is 2.26. The highest BCUT2D eigenvalue weighted by Gasteiger charge is 2.08. The molecule has 0 saturated heterocycles. The minimum Gasteiger partial charge on any atom is -0.490 e. The van der Waals surface area contributed by atoms with Crippen molar-refractivity contribution in [1.82, 2.24) is 10.4 Å². The summed E-state index contributed by atoms with van der Waals surface area (Å²) in [6.07, 6.45) is 0. The van der Waals surface area contributed by atoms with E-state index in [9.17, 15) is 4.79 Å². The van der Waals surface area contributed by atoms with E-state index in [1.54, 1.807) is 12.1 Å². The average Bonchev–Trinajstić information content (AvgIpc) is 3.02. The number of carbonyl (C=O) groups excluding carboxylic acids is 1. The third kappa shape index (κ3) is 3.94. The Hall–Kier alpha value is -2.80.